The van der Waals surface area contributed by atoms with Crippen LogP contribution in [0.5, 0.6) is 0 Å². The number of hydrogen-bond donors (Lipinski definition) is 2. The van der Waals surface area contributed by atoms with E-state index in [0.717, 1.165) is 71.7 Å². The number of halogens is 1. The molecule has 176 valence electrons. The van der Waals surface area contributed by atoms with Crippen molar-refractivity contribution < 1.29 is 0 Å². The van der Waals surface area contributed by atoms with Gasteiger partial charge in [0.05, 0.1) is 11.4 Å². The van der Waals surface area contributed by atoms with Crippen LogP contribution in [-0.4, -0.2) is 32.4 Å². The minimum atomic E-state index is 0.560. The van der Waals surface area contributed by atoms with Crippen molar-refractivity contribution in [1.29, 1.82) is 0 Å². The highest BCUT2D eigenvalue weighted by Gasteiger charge is 2.24. The fourth-order valence-corrected chi connectivity index (χ4v) is 5.52. The van der Waals surface area contributed by atoms with Crippen LogP contribution in [0.25, 0.3) is 39.2 Å². The largest absolute Gasteiger partial charge is 0.351 e. The van der Waals surface area contributed by atoms with E-state index in [0.29, 0.717) is 15.7 Å². The smallest absolute Gasteiger partial charge is 0.202 e. The lowest BCUT2D eigenvalue weighted by Crippen LogP contribution is -2.30. The van der Waals surface area contributed by atoms with Gasteiger partial charge in [0.2, 0.25) is 4.77 Å². The second kappa shape index (κ2) is 9.46. The van der Waals surface area contributed by atoms with E-state index in [4.69, 9.17) is 28.9 Å². The second-order valence-corrected chi connectivity index (χ2v) is 9.89. The molecule has 2 N–H and O–H groups in total. The lowest BCUT2D eigenvalue weighted by molar-refractivity contribution is 0.319. The first-order valence-electron chi connectivity index (χ1n) is 12.0. The summed E-state index contributed by atoms with van der Waals surface area (Å²) >= 11 is 12.5. The van der Waals surface area contributed by atoms with E-state index >= 15 is 0 Å². The summed E-state index contributed by atoms with van der Waals surface area (Å²) in [6, 6.07) is 26.6. The number of fused-ring (bicyclic) bond motifs is 1. The van der Waals surface area contributed by atoms with Crippen molar-refractivity contribution in [3.05, 3.63) is 88.7 Å². The molecule has 3 heterocycles. The first-order chi connectivity index (χ1) is 17.2. The molecule has 0 unspecified atom stereocenters. The predicted octanol–water partition coefficient (Wildman–Crippen LogP) is 6.87. The molecule has 7 heteroatoms. The summed E-state index contributed by atoms with van der Waals surface area (Å²) in [4.78, 5) is 3.65. The van der Waals surface area contributed by atoms with E-state index in [9.17, 15) is 0 Å². The van der Waals surface area contributed by atoms with Gasteiger partial charge in [-0.15, -0.1) is 5.10 Å². The molecule has 0 aliphatic carbocycles. The molecular weight excluding hydrogens is 474 g/mol. The molecule has 5 nitrogen and oxygen atoms in total. The number of para-hydroxylation sites is 1. The summed E-state index contributed by atoms with van der Waals surface area (Å²) < 4.78 is 4.82. The van der Waals surface area contributed by atoms with Gasteiger partial charge < -0.3 is 10.3 Å². The number of H-pyrrole nitrogens is 1. The van der Waals surface area contributed by atoms with E-state index in [1.165, 1.54) is 0 Å². The minimum absolute atomic E-state index is 0.560. The standard InChI is InChI=1S/C28H26ClN5S/c29-21-11-12-24-23(17-21)25(20-7-3-1-4-8-20)26(31-24)27-32-33(18-19-13-15-30-16-14-19)28(35)34(27)22-9-5-2-6-10-22/h1-12,17,19,30-31H,13-16,18H2. The van der Waals surface area contributed by atoms with Crippen molar-refractivity contribution in [2.45, 2.75) is 19.4 Å². The summed E-state index contributed by atoms with van der Waals surface area (Å²) in [7, 11) is 0. The Morgan fingerprint density at radius 1 is 0.943 bits per heavy atom. The van der Waals surface area contributed by atoms with Crippen molar-refractivity contribution in [3.63, 3.8) is 0 Å². The van der Waals surface area contributed by atoms with Gasteiger partial charge in [0.15, 0.2) is 5.82 Å². The lowest BCUT2D eigenvalue weighted by atomic mass is 9.98. The quantitative estimate of drug-likeness (QED) is 0.259. The van der Waals surface area contributed by atoms with Crippen molar-refractivity contribution in [1.82, 2.24) is 24.6 Å². The molecular formula is C28H26ClN5S. The number of benzene rings is 3. The molecule has 1 fully saturated rings. The Morgan fingerprint density at radius 2 is 1.66 bits per heavy atom. The van der Waals surface area contributed by atoms with Gasteiger partial charge in [-0.05, 0) is 80.0 Å². The lowest BCUT2D eigenvalue weighted by Gasteiger charge is -2.22. The highest BCUT2D eigenvalue weighted by Crippen LogP contribution is 2.39. The van der Waals surface area contributed by atoms with Gasteiger partial charge in [-0.2, -0.15) is 0 Å². The van der Waals surface area contributed by atoms with E-state index in [1.807, 2.05) is 47.1 Å². The average molecular weight is 500 g/mol. The Bertz CT molecular complexity index is 1530. The molecule has 0 amide bonds. The van der Waals surface area contributed by atoms with Gasteiger partial charge in [-0.25, -0.2) is 4.68 Å². The molecule has 1 aliphatic heterocycles. The molecule has 0 saturated carbocycles. The Morgan fingerprint density at radius 3 is 2.40 bits per heavy atom. The molecule has 35 heavy (non-hydrogen) atoms. The molecule has 5 aromatic rings. The Labute approximate surface area is 214 Å². The number of nitrogens with one attached hydrogen (secondary N) is 2. The third-order valence-electron chi connectivity index (χ3n) is 6.79. The van der Waals surface area contributed by atoms with E-state index < -0.39 is 0 Å². The molecule has 0 bridgehead atoms. The summed E-state index contributed by atoms with van der Waals surface area (Å²) in [6.45, 7) is 2.91. The fourth-order valence-electron chi connectivity index (χ4n) is 5.04. The van der Waals surface area contributed by atoms with Crippen LogP contribution in [-0.2, 0) is 6.54 Å². The highest BCUT2D eigenvalue weighted by molar-refractivity contribution is 7.71. The van der Waals surface area contributed by atoms with E-state index in [-0.39, 0.29) is 0 Å². The van der Waals surface area contributed by atoms with Crippen LogP contribution in [0.4, 0.5) is 0 Å². The number of hydrogen-bond acceptors (Lipinski definition) is 3. The van der Waals surface area contributed by atoms with Gasteiger partial charge in [-0.3, -0.25) is 4.57 Å². The predicted molar refractivity (Wildman–Crippen MR) is 146 cm³/mol. The number of aromatic nitrogens is 4. The zero-order valence-electron chi connectivity index (χ0n) is 19.2. The highest BCUT2D eigenvalue weighted by atomic mass is 35.5. The van der Waals surface area contributed by atoms with Gasteiger partial charge >= 0.3 is 0 Å². The Kier molecular flexibility index (Phi) is 6.02. The van der Waals surface area contributed by atoms with Crippen LogP contribution in [0.1, 0.15) is 12.8 Å². The van der Waals surface area contributed by atoms with Crippen LogP contribution in [0.3, 0.4) is 0 Å². The molecule has 6 rings (SSSR count). The summed E-state index contributed by atoms with van der Waals surface area (Å²) in [5.74, 6) is 1.37. The molecule has 1 aliphatic rings. The first kappa shape index (κ1) is 22.3. The number of piperidine rings is 1. The second-order valence-electron chi connectivity index (χ2n) is 9.08. The maximum atomic E-state index is 6.44. The van der Waals surface area contributed by atoms with Crippen molar-refractivity contribution in [2.75, 3.05) is 13.1 Å². The van der Waals surface area contributed by atoms with E-state index in [1.54, 1.807) is 0 Å². The summed E-state index contributed by atoms with van der Waals surface area (Å²) in [5, 5.41) is 10.4. The van der Waals surface area contributed by atoms with Gasteiger partial charge in [0, 0.05) is 28.0 Å². The maximum absolute atomic E-state index is 6.44. The maximum Gasteiger partial charge on any atom is 0.202 e. The summed E-state index contributed by atoms with van der Waals surface area (Å²) in [6.07, 6.45) is 2.27. The molecule has 3 aromatic carbocycles. The molecule has 1 saturated heterocycles. The van der Waals surface area contributed by atoms with Gasteiger partial charge in [0.1, 0.15) is 0 Å². The van der Waals surface area contributed by atoms with Crippen molar-refractivity contribution in [3.8, 4) is 28.3 Å². The Balaban J connectivity index is 1.60. The Hall–Kier alpha value is -3.19. The zero-order chi connectivity index (χ0) is 23.8. The third-order valence-corrected chi connectivity index (χ3v) is 7.42. The SMILES string of the molecule is S=c1n(CC2CCNCC2)nc(-c2[nH]c3ccc(Cl)cc3c2-c2ccccc2)n1-c1ccccc1. The number of rotatable bonds is 5. The number of nitrogens with zero attached hydrogens (tertiary/aromatic N) is 3. The monoisotopic (exact) mass is 499 g/mol. The van der Waals surface area contributed by atoms with Crippen LogP contribution in [0.15, 0.2) is 78.9 Å². The zero-order valence-corrected chi connectivity index (χ0v) is 20.8. The van der Waals surface area contributed by atoms with Gasteiger partial charge in [-0.1, -0.05) is 60.1 Å². The van der Waals surface area contributed by atoms with Crippen LogP contribution < -0.4 is 5.32 Å². The minimum Gasteiger partial charge on any atom is -0.351 e. The topological polar surface area (TPSA) is 50.6 Å². The van der Waals surface area contributed by atoms with E-state index in [2.05, 4.69) is 51.3 Å². The average Bonchev–Trinajstić information content (AvgIpc) is 3.43. The molecule has 0 radical (unpaired) electrons. The van der Waals surface area contributed by atoms with Crippen molar-refractivity contribution >= 4 is 34.7 Å². The van der Waals surface area contributed by atoms with Crippen LogP contribution >= 0.6 is 23.8 Å². The fraction of sp³-hybridized carbons (Fsp3) is 0.214. The number of aromatic amines is 1. The summed E-state index contributed by atoms with van der Waals surface area (Å²) in [5.41, 5.74) is 5.14. The van der Waals surface area contributed by atoms with Crippen LogP contribution in [0.2, 0.25) is 5.02 Å². The van der Waals surface area contributed by atoms with Crippen molar-refractivity contribution in [2.24, 2.45) is 5.92 Å². The first-order valence-corrected chi connectivity index (χ1v) is 12.8. The third kappa shape index (κ3) is 4.22. The molecule has 2 aromatic heterocycles. The van der Waals surface area contributed by atoms with Crippen LogP contribution in [0, 0.1) is 10.7 Å². The normalized spacial score (nSPS) is 14.5. The molecule has 0 spiro atoms. The van der Waals surface area contributed by atoms with Gasteiger partial charge in [0.25, 0.3) is 0 Å². The molecule has 0 atom stereocenters.